The van der Waals surface area contributed by atoms with Crippen molar-refractivity contribution in [3.05, 3.63) is 69.2 Å². The second kappa shape index (κ2) is 7.90. The van der Waals surface area contributed by atoms with Gasteiger partial charge in [-0.3, -0.25) is 14.9 Å². The average molecular weight is 333 g/mol. The number of hydrazone groups is 1. The third-order valence-electron chi connectivity index (χ3n) is 2.78. The van der Waals surface area contributed by atoms with Crippen LogP contribution >= 0.6 is 11.6 Å². The van der Waals surface area contributed by atoms with Crippen LogP contribution in [0.25, 0.3) is 0 Å². The zero-order valence-electron chi connectivity index (χ0n) is 11.9. The van der Waals surface area contributed by atoms with Gasteiger partial charge in [-0.1, -0.05) is 23.7 Å². The van der Waals surface area contributed by atoms with Crippen LogP contribution in [0, 0.1) is 10.1 Å². The fourth-order valence-corrected chi connectivity index (χ4v) is 1.81. The molecule has 23 heavy (non-hydrogen) atoms. The topological polar surface area (TPSA) is 96.6 Å². The Bertz CT molecular complexity index is 732. The van der Waals surface area contributed by atoms with E-state index < -0.39 is 4.92 Å². The van der Waals surface area contributed by atoms with Gasteiger partial charge in [0.05, 0.1) is 17.7 Å². The van der Waals surface area contributed by atoms with Crippen LogP contribution in [0.4, 0.5) is 11.4 Å². The molecule has 0 aliphatic rings. The number of rotatable bonds is 6. The second-order valence-corrected chi connectivity index (χ2v) is 4.94. The van der Waals surface area contributed by atoms with Crippen LogP contribution in [-0.2, 0) is 4.79 Å². The SMILES string of the molecule is O=C(CNc1ccc(Cl)cc1)N/N=C\c1cccc([N+](=O)[O-])c1. The maximum Gasteiger partial charge on any atom is 0.270 e. The van der Waals surface area contributed by atoms with Crippen molar-refractivity contribution in [2.45, 2.75) is 0 Å². The van der Waals surface area contributed by atoms with E-state index in [1.807, 2.05) is 0 Å². The van der Waals surface area contributed by atoms with Gasteiger partial charge >= 0.3 is 0 Å². The van der Waals surface area contributed by atoms with Crippen molar-refractivity contribution in [3.8, 4) is 0 Å². The summed E-state index contributed by atoms with van der Waals surface area (Å²) in [5.41, 5.74) is 3.57. The molecule has 7 nitrogen and oxygen atoms in total. The monoisotopic (exact) mass is 332 g/mol. The van der Waals surface area contributed by atoms with Crippen molar-refractivity contribution in [2.24, 2.45) is 5.10 Å². The van der Waals surface area contributed by atoms with Gasteiger partial charge in [-0.05, 0) is 24.3 Å². The molecule has 2 rings (SSSR count). The average Bonchev–Trinajstić information content (AvgIpc) is 2.54. The highest BCUT2D eigenvalue weighted by Gasteiger charge is 2.04. The number of non-ortho nitro benzene ring substituents is 1. The third-order valence-corrected chi connectivity index (χ3v) is 3.03. The molecule has 0 aliphatic carbocycles. The molecule has 1 amide bonds. The van der Waals surface area contributed by atoms with E-state index in [9.17, 15) is 14.9 Å². The summed E-state index contributed by atoms with van der Waals surface area (Å²) in [5.74, 6) is -0.346. The Morgan fingerprint density at radius 3 is 2.70 bits per heavy atom. The van der Waals surface area contributed by atoms with Gasteiger partial charge in [0.2, 0.25) is 0 Å². The van der Waals surface area contributed by atoms with Crippen molar-refractivity contribution in [1.29, 1.82) is 0 Å². The predicted octanol–water partition coefficient (Wildman–Crippen LogP) is 2.81. The summed E-state index contributed by atoms with van der Waals surface area (Å²) < 4.78 is 0. The molecule has 0 aliphatic heterocycles. The number of amides is 1. The molecule has 0 spiro atoms. The van der Waals surface area contributed by atoms with E-state index in [0.717, 1.165) is 5.69 Å². The van der Waals surface area contributed by atoms with E-state index in [1.54, 1.807) is 36.4 Å². The van der Waals surface area contributed by atoms with Crippen molar-refractivity contribution < 1.29 is 9.72 Å². The molecule has 2 aromatic carbocycles. The number of nitrogens with one attached hydrogen (secondary N) is 2. The number of carbonyl (C=O) groups is 1. The minimum absolute atomic E-state index is 0.0356. The predicted molar refractivity (Wildman–Crippen MR) is 88.8 cm³/mol. The normalized spacial score (nSPS) is 10.5. The molecule has 0 saturated carbocycles. The van der Waals surface area contributed by atoms with Crippen LogP contribution in [0.2, 0.25) is 5.02 Å². The van der Waals surface area contributed by atoms with Crippen molar-refractivity contribution in [2.75, 3.05) is 11.9 Å². The highest BCUT2D eigenvalue weighted by atomic mass is 35.5. The van der Waals surface area contributed by atoms with Gasteiger partial charge in [-0.25, -0.2) is 5.43 Å². The number of anilines is 1. The van der Waals surface area contributed by atoms with E-state index in [2.05, 4.69) is 15.8 Å². The summed E-state index contributed by atoms with van der Waals surface area (Å²) in [5, 5.41) is 17.9. The summed E-state index contributed by atoms with van der Waals surface area (Å²) >= 11 is 5.76. The molecule has 0 aromatic heterocycles. The molecule has 118 valence electrons. The smallest absolute Gasteiger partial charge is 0.270 e. The summed E-state index contributed by atoms with van der Waals surface area (Å²) in [6.07, 6.45) is 1.34. The number of hydrogen-bond donors (Lipinski definition) is 2. The van der Waals surface area contributed by atoms with Crippen molar-refractivity contribution >= 4 is 35.1 Å². The quantitative estimate of drug-likeness (QED) is 0.483. The molecule has 8 heteroatoms. The fraction of sp³-hybridized carbons (Fsp3) is 0.0667. The Morgan fingerprint density at radius 2 is 2.00 bits per heavy atom. The molecule has 0 atom stereocenters. The van der Waals surface area contributed by atoms with Gasteiger partial charge in [0.15, 0.2) is 0 Å². The minimum Gasteiger partial charge on any atom is -0.376 e. The first-order chi connectivity index (χ1) is 11.0. The number of hydrogen-bond acceptors (Lipinski definition) is 5. The Hall–Kier alpha value is -2.93. The van der Waals surface area contributed by atoms with Gasteiger partial charge in [-0.2, -0.15) is 5.10 Å². The summed E-state index contributed by atoms with van der Waals surface area (Å²) in [6, 6.07) is 12.9. The number of nitrogens with zero attached hydrogens (tertiary/aromatic N) is 2. The minimum atomic E-state index is -0.494. The van der Waals surface area contributed by atoms with Gasteiger partial charge < -0.3 is 5.32 Å². The third kappa shape index (κ3) is 5.40. The Balaban J connectivity index is 1.83. The lowest BCUT2D eigenvalue weighted by Gasteiger charge is -2.04. The van der Waals surface area contributed by atoms with Crippen molar-refractivity contribution in [1.82, 2.24) is 5.43 Å². The van der Waals surface area contributed by atoms with E-state index in [4.69, 9.17) is 11.6 Å². The molecule has 0 unspecified atom stereocenters. The molecule has 2 aromatic rings. The Labute approximate surface area is 137 Å². The molecule has 0 fully saturated rings. The van der Waals surface area contributed by atoms with Gasteiger partial charge in [0.25, 0.3) is 11.6 Å². The molecular weight excluding hydrogens is 320 g/mol. The van der Waals surface area contributed by atoms with Crippen LogP contribution in [0.15, 0.2) is 53.6 Å². The lowest BCUT2D eigenvalue weighted by Crippen LogP contribution is -2.25. The Kier molecular flexibility index (Phi) is 5.65. The van der Waals surface area contributed by atoms with E-state index in [-0.39, 0.29) is 18.1 Å². The fourth-order valence-electron chi connectivity index (χ4n) is 1.69. The molecule has 0 bridgehead atoms. The Morgan fingerprint density at radius 1 is 1.26 bits per heavy atom. The van der Waals surface area contributed by atoms with Crippen LogP contribution < -0.4 is 10.7 Å². The molecule has 0 radical (unpaired) electrons. The molecule has 2 N–H and O–H groups in total. The first kappa shape index (κ1) is 16.4. The maximum atomic E-state index is 11.6. The highest BCUT2D eigenvalue weighted by Crippen LogP contribution is 2.13. The van der Waals surface area contributed by atoms with Gasteiger partial charge in [0, 0.05) is 28.4 Å². The summed E-state index contributed by atoms with van der Waals surface area (Å²) in [7, 11) is 0. The standard InChI is InChI=1S/C15H13ClN4O3/c16-12-4-6-13(7-5-12)17-10-15(21)19-18-9-11-2-1-3-14(8-11)20(22)23/h1-9,17H,10H2,(H,19,21)/b18-9-. The lowest BCUT2D eigenvalue weighted by molar-refractivity contribution is -0.384. The molecule has 0 saturated heterocycles. The first-order valence-corrected chi connectivity index (χ1v) is 6.98. The van der Waals surface area contributed by atoms with E-state index in [1.165, 1.54) is 18.3 Å². The van der Waals surface area contributed by atoms with Crippen LogP contribution in [0.1, 0.15) is 5.56 Å². The lowest BCUT2D eigenvalue weighted by atomic mass is 10.2. The maximum absolute atomic E-state index is 11.6. The van der Waals surface area contributed by atoms with Crippen LogP contribution in [-0.4, -0.2) is 23.6 Å². The van der Waals surface area contributed by atoms with Crippen LogP contribution in [0.3, 0.4) is 0 Å². The van der Waals surface area contributed by atoms with Crippen LogP contribution in [0.5, 0.6) is 0 Å². The van der Waals surface area contributed by atoms with E-state index >= 15 is 0 Å². The van der Waals surface area contributed by atoms with Gasteiger partial charge in [0.1, 0.15) is 0 Å². The summed E-state index contributed by atoms with van der Waals surface area (Å²) in [4.78, 5) is 21.8. The number of nitro groups is 1. The molecular formula is C15H13ClN4O3. The highest BCUT2D eigenvalue weighted by molar-refractivity contribution is 6.30. The zero-order chi connectivity index (χ0) is 16.7. The number of benzene rings is 2. The summed E-state index contributed by atoms with van der Waals surface area (Å²) in [6.45, 7) is 0.0356. The first-order valence-electron chi connectivity index (χ1n) is 6.60. The van der Waals surface area contributed by atoms with Gasteiger partial charge in [-0.15, -0.1) is 0 Å². The largest absolute Gasteiger partial charge is 0.376 e. The number of halogens is 1. The van der Waals surface area contributed by atoms with E-state index in [0.29, 0.717) is 10.6 Å². The zero-order valence-corrected chi connectivity index (χ0v) is 12.7. The number of nitro benzene ring substituents is 1. The number of carbonyl (C=O) groups excluding carboxylic acids is 1. The van der Waals surface area contributed by atoms with Crippen molar-refractivity contribution in [3.63, 3.8) is 0 Å². The molecule has 0 heterocycles. The second-order valence-electron chi connectivity index (χ2n) is 4.51.